The zero-order valence-electron chi connectivity index (χ0n) is 10.1. The number of urea groups is 1. The monoisotopic (exact) mass is 249 g/mol. The predicted octanol–water partition coefficient (Wildman–Crippen LogP) is 1.78. The second-order valence-corrected chi connectivity index (χ2v) is 3.90. The van der Waals surface area contributed by atoms with Crippen LogP contribution in [0.25, 0.3) is 0 Å². The Kier molecular flexibility index (Phi) is 3.66. The lowest BCUT2D eigenvalue weighted by Gasteiger charge is -2.27. The van der Waals surface area contributed by atoms with E-state index < -0.39 is 6.09 Å². The molecule has 1 heterocycles. The SMILES string of the molecule is COC(=O)Nc1ccc(N2CCCNC2=O)cc1. The van der Waals surface area contributed by atoms with Crippen molar-refractivity contribution in [3.63, 3.8) is 0 Å². The molecule has 1 aliphatic rings. The van der Waals surface area contributed by atoms with Crippen LogP contribution < -0.4 is 15.5 Å². The molecule has 0 aliphatic carbocycles. The van der Waals surface area contributed by atoms with Crippen molar-refractivity contribution in [2.24, 2.45) is 0 Å². The fraction of sp³-hybridized carbons (Fsp3) is 0.333. The van der Waals surface area contributed by atoms with Crippen LogP contribution in [0.1, 0.15) is 6.42 Å². The van der Waals surface area contributed by atoms with Gasteiger partial charge in [0.1, 0.15) is 0 Å². The third-order valence-electron chi connectivity index (χ3n) is 2.69. The molecule has 0 bridgehead atoms. The van der Waals surface area contributed by atoms with E-state index in [9.17, 15) is 9.59 Å². The quantitative estimate of drug-likeness (QED) is 0.839. The van der Waals surface area contributed by atoms with E-state index in [4.69, 9.17) is 0 Å². The van der Waals surface area contributed by atoms with Crippen LogP contribution in [0, 0.1) is 0 Å². The highest BCUT2D eigenvalue weighted by Gasteiger charge is 2.18. The molecule has 1 aromatic rings. The lowest BCUT2D eigenvalue weighted by Crippen LogP contribution is -2.46. The van der Waals surface area contributed by atoms with Gasteiger partial charge in [-0.1, -0.05) is 0 Å². The van der Waals surface area contributed by atoms with E-state index in [1.54, 1.807) is 29.2 Å². The Hall–Kier alpha value is -2.24. The lowest BCUT2D eigenvalue weighted by atomic mass is 10.2. The summed E-state index contributed by atoms with van der Waals surface area (Å²) in [6.07, 6.45) is 0.409. The second-order valence-electron chi connectivity index (χ2n) is 3.90. The molecule has 6 nitrogen and oxygen atoms in total. The Morgan fingerprint density at radius 3 is 2.72 bits per heavy atom. The summed E-state index contributed by atoms with van der Waals surface area (Å²) in [4.78, 5) is 24.3. The molecule has 2 N–H and O–H groups in total. The van der Waals surface area contributed by atoms with Crippen molar-refractivity contribution in [1.29, 1.82) is 0 Å². The highest BCUT2D eigenvalue weighted by atomic mass is 16.5. The van der Waals surface area contributed by atoms with Gasteiger partial charge in [0.25, 0.3) is 0 Å². The minimum Gasteiger partial charge on any atom is -0.453 e. The van der Waals surface area contributed by atoms with Gasteiger partial charge in [-0.25, -0.2) is 9.59 Å². The van der Waals surface area contributed by atoms with E-state index in [0.717, 1.165) is 18.7 Å². The number of nitrogens with one attached hydrogen (secondary N) is 2. The maximum absolute atomic E-state index is 11.6. The van der Waals surface area contributed by atoms with Crippen molar-refractivity contribution >= 4 is 23.5 Å². The Bertz CT molecular complexity index is 444. The second kappa shape index (κ2) is 5.39. The van der Waals surface area contributed by atoms with Crippen molar-refractivity contribution in [3.8, 4) is 0 Å². The van der Waals surface area contributed by atoms with Gasteiger partial charge in [0.2, 0.25) is 0 Å². The van der Waals surface area contributed by atoms with Gasteiger partial charge in [-0.3, -0.25) is 10.2 Å². The molecule has 1 aromatic carbocycles. The molecule has 96 valence electrons. The molecule has 18 heavy (non-hydrogen) atoms. The van der Waals surface area contributed by atoms with Crippen molar-refractivity contribution < 1.29 is 14.3 Å². The van der Waals surface area contributed by atoms with E-state index in [-0.39, 0.29) is 6.03 Å². The molecule has 6 heteroatoms. The Morgan fingerprint density at radius 2 is 2.11 bits per heavy atom. The number of nitrogens with zero attached hydrogens (tertiary/aromatic N) is 1. The van der Waals surface area contributed by atoms with Crippen LogP contribution in [-0.2, 0) is 4.74 Å². The summed E-state index contributed by atoms with van der Waals surface area (Å²) in [6, 6.07) is 6.95. The van der Waals surface area contributed by atoms with Crippen LogP contribution in [-0.4, -0.2) is 32.3 Å². The summed E-state index contributed by atoms with van der Waals surface area (Å²) < 4.78 is 4.49. The van der Waals surface area contributed by atoms with E-state index in [1.165, 1.54) is 7.11 Å². The number of rotatable bonds is 2. The smallest absolute Gasteiger partial charge is 0.411 e. The van der Waals surface area contributed by atoms with Gasteiger partial charge in [-0.05, 0) is 30.7 Å². The maximum Gasteiger partial charge on any atom is 0.411 e. The van der Waals surface area contributed by atoms with Crippen LogP contribution in [0.15, 0.2) is 24.3 Å². The van der Waals surface area contributed by atoms with Gasteiger partial charge < -0.3 is 10.1 Å². The van der Waals surface area contributed by atoms with E-state index in [2.05, 4.69) is 15.4 Å². The largest absolute Gasteiger partial charge is 0.453 e. The average Bonchev–Trinajstić information content (AvgIpc) is 2.40. The Balaban J connectivity index is 2.07. The molecule has 0 spiro atoms. The number of benzene rings is 1. The molecular weight excluding hydrogens is 234 g/mol. The number of ether oxygens (including phenoxy) is 1. The summed E-state index contributed by atoms with van der Waals surface area (Å²) in [6.45, 7) is 1.42. The maximum atomic E-state index is 11.6. The molecule has 0 saturated carbocycles. The molecule has 3 amide bonds. The van der Waals surface area contributed by atoms with Gasteiger partial charge in [0.05, 0.1) is 7.11 Å². The topological polar surface area (TPSA) is 70.7 Å². The molecule has 1 aliphatic heterocycles. The number of hydrogen-bond donors (Lipinski definition) is 2. The average molecular weight is 249 g/mol. The van der Waals surface area contributed by atoms with Crippen LogP contribution in [0.5, 0.6) is 0 Å². The fourth-order valence-corrected chi connectivity index (χ4v) is 1.77. The predicted molar refractivity (Wildman–Crippen MR) is 67.8 cm³/mol. The van der Waals surface area contributed by atoms with Crippen molar-refractivity contribution in [3.05, 3.63) is 24.3 Å². The molecular formula is C12H15N3O3. The van der Waals surface area contributed by atoms with Crippen molar-refractivity contribution in [2.45, 2.75) is 6.42 Å². The first kappa shape index (κ1) is 12.2. The molecule has 1 saturated heterocycles. The standard InChI is InChI=1S/C12H15N3O3/c1-18-12(17)14-9-3-5-10(6-4-9)15-8-2-7-13-11(15)16/h3-6H,2,7-8H2,1H3,(H,13,16)(H,14,17). The van der Waals surface area contributed by atoms with E-state index >= 15 is 0 Å². The minimum atomic E-state index is -0.515. The van der Waals surface area contributed by atoms with Gasteiger partial charge in [0.15, 0.2) is 0 Å². The zero-order valence-corrected chi connectivity index (χ0v) is 10.1. The molecule has 1 fully saturated rings. The van der Waals surface area contributed by atoms with Gasteiger partial charge >= 0.3 is 12.1 Å². The highest BCUT2D eigenvalue weighted by molar-refractivity contribution is 5.93. The Labute approximate surface area is 105 Å². The first-order chi connectivity index (χ1) is 8.70. The van der Waals surface area contributed by atoms with Crippen LogP contribution in [0.3, 0.4) is 0 Å². The first-order valence-corrected chi connectivity index (χ1v) is 5.71. The number of hydrogen-bond acceptors (Lipinski definition) is 3. The van der Waals surface area contributed by atoms with Crippen LogP contribution in [0.4, 0.5) is 21.0 Å². The van der Waals surface area contributed by atoms with Gasteiger partial charge in [0, 0.05) is 24.5 Å². The third kappa shape index (κ3) is 2.71. The van der Waals surface area contributed by atoms with Gasteiger partial charge in [-0.15, -0.1) is 0 Å². The van der Waals surface area contributed by atoms with E-state index in [0.29, 0.717) is 12.2 Å². The summed E-state index contributed by atoms with van der Waals surface area (Å²) in [5.74, 6) is 0. The van der Waals surface area contributed by atoms with Gasteiger partial charge in [-0.2, -0.15) is 0 Å². The number of carbonyl (C=O) groups excluding carboxylic acids is 2. The minimum absolute atomic E-state index is 0.0880. The summed E-state index contributed by atoms with van der Waals surface area (Å²) in [7, 11) is 1.31. The first-order valence-electron chi connectivity index (χ1n) is 5.71. The zero-order chi connectivity index (χ0) is 13.0. The lowest BCUT2D eigenvalue weighted by molar-refractivity contribution is 0.187. The molecule has 0 radical (unpaired) electrons. The number of anilines is 2. The van der Waals surface area contributed by atoms with Crippen molar-refractivity contribution in [1.82, 2.24) is 5.32 Å². The molecule has 2 rings (SSSR count). The highest BCUT2D eigenvalue weighted by Crippen LogP contribution is 2.19. The number of carbonyl (C=O) groups is 2. The van der Waals surface area contributed by atoms with E-state index in [1.807, 2.05) is 0 Å². The molecule has 0 unspecified atom stereocenters. The number of methoxy groups -OCH3 is 1. The van der Waals surface area contributed by atoms with Crippen LogP contribution >= 0.6 is 0 Å². The van der Waals surface area contributed by atoms with Crippen molar-refractivity contribution in [2.75, 3.05) is 30.4 Å². The fourth-order valence-electron chi connectivity index (χ4n) is 1.77. The number of amides is 3. The van der Waals surface area contributed by atoms with Crippen LogP contribution in [0.2, 0.25) is 0 Å². The molecule has 0 aromatic heterocycles. The normalized spacial score (nSPS) is 14.9. The summed E-state index contributed by atoms with van der Waals surface area (Å²) in [5.41, 5.74) is 1.44. The summed E-state index contributed by atoms with van der Waals surface area (Å²) in [5, 5.41) is 5.34. The molecule has 0 atom stereocenters. The Morgan fingerprint density at radius 1 is 1.39 bits per heavy atom. The summed E-state index contributed by atoms with van der Waals surface area (Å²) >= 11 is 0. The third-order valence-corrected chi connectivity index (χ3v) is 2.69.